The highest BCUT2D eigenvalue weighted by Crippen LogP contribution is 2.43. The Bertz CT molecular complexity index is 764. The molecule has 2 fully saturated rings. The van der Waals surface area contributed by atoms with Gasteiger partial charge in [0, 0.05) is 0 Å². The van der Waals surface area contributed by atoms with Gasteiger partial charge < -0.3 is 4.74 Å². The Morgan fingerprint density at radius 2 is 1.34 bits per heavy atom. The van der Waals surface area contributed by atoms with E-state index in [9.17, 15) is 0 Å². The molecule has 2 aromatic carbocycles. The van der Waals surface area contributed by atoms with Crippen molar-refractivity contribution < 1.29 is 4.74 Å². The van der Waals surface area contributed by atoms with Gasteiger partial charge in [-0.3, -0.25) is 0 Å². The lowest BCUT2D eigenvalue weighted by Crippen LogP contribution is -2.26. The number of hydrogen-bond donors (Lipinski definition) is 0. The van der Waals surface area contributed by atoms with Gasteiger partial charge in [0.25, 0.3) is 0 Å². The molecule has 0 N–H and O–H groups in total. The lowest BCUT2D eigenvalue weighted by atomic mass is 9.67. The van der Waals surface area contributed by atoms with Crippen molar-refractivity contribution in [1.29, 1.82) is 0 Å². The zero-order valence-corrected chi connectivity index (χ0v) is 20.5. The summed E-state index contributed by atoms with van der Waals surface area (Å²) in [4.78, 5) is 0. The monoisotopic (exact) mass is 432 g/mol. The predicted molar refractivity (Wildman–Crippen MR) is 136 cm³/mol. The molecule has 1 atom stereocenters. The van der Waals surface area contributed by atoms with Crippen molar-refractivity contribution in [2.24, 2.45) is 23.7 Å². The Morgan fingerprint density at radius 3 is 1.94 bits per heavy atom. The molecule has 1 unspecified atom stereocenters. The minimum Gasteiger partial charge on any atom is -0.494 e. The Labute approximate surface area is 197 Å². The molecule has 0 heterocycles. The topological polar surface area (TPSA) is 9.23 Å². The van der Waals surface area contributed by atoms with E-state index in [-0.39, 0.29) is 0 Å². The summed E-state index contributed by atoms with van der Waals surface area (Å²) in [6.45, 7) is 5.22. The first-order valence-electron chi connectivity index (χ1n) is 13.5. The molecule has 32 heavy (non-hydrogen) atoms. The Kier molecular flexibility index (Phi) is 8.71. The summed E-state index contributed by atoms with van der Waals surface area (Å²) in [5.41, 5.74) is 3.00. The molecular formula is C31H44O. The fourth-order valence-corrected chi connectivity index (χ4v) is 6.55. The van der Waals surface area contributed by atoms with E-state index in [4.69, 9.17) is 4.74 Å². The lowest BCUT2D eigenvalue weighted by Gasteiger charge is -2.38. The van der Waals surface area contributed by atoms with Gasteiger partial charge in [0.15, 0.2) is 0 Å². The molecule has 1 nitrogen and oxygen atoms in total. The van der Waals surface area contributed by atoms with Gasteiger partial charge in [-0.15, -0.1) is 0 Å². The van der Waals surface area contributed by atoms with Crippen LogP contribution >= 0.6 is 0 Å². The van der Waals surface area contributed by atoms with Gasteiger partial charge in [-0.1, -0.05) is 75.1 Å². The molecule has 2 saturated carbocycles. The van der Waals surface area contributed by atoms with Gasteiger partial charge in [0.2, 0.25) is 0 Å². The quantitative estimate of drug-likeness (QED) is 0.384. The molecule has 0 amide bonds. The number of hydrogen-bond acceptors (Lipinski definition) is 1. The van der Waals surface area contributed by atoms with Gasteiger partial charge in [-0.2, -0.15) is 0 Å². The van der Waals surface area contributed by atoms with Crippen LogP contribution in [0.4, 0.5) is 0 Å². The third kappa shape index (κ3) is 6.63. The normalized spacial score (nSPS) is 27.1. The van der Waals surface area contributed by atoms with Crippen LogP contribution in [0.5, 0.6) is 5.75 Å². The van der Waals surface area contributed by atoms with Crippen LogP contribution in [0, 0.1) is 23.7 Å². The second-order valence-corrected chi connectivity index (χ2v) is 10.7. The van der Waals surface area contributed by atoms with E-state index in [1.807, 2.05) is 6.92 Å². The molecule has 174 valence electrons. The number of benzene rings is 2. The Morgan fingerprint density at radius 1 is 0.750 bits per heavy atom. The Hall–Kier alpha value is -1.76. The van der Waals surface area contributed by atoms with Gasteiger partial charge in [-0.25, -0.2) is 0 Å². The first-order chi connectivity index (χ1) is 15.7. The smallest absolute Gasteiger partial charge is 0.119 e. The van der Waals surface area contributed by atoms with Crippen molar-refractivity contribution in [1.82, 2.24) is 0 Å². The van der Waals surface area contributed by atoms with Crippen LogP contribution in [-0.2, 0) is 6.42 Å². The van der Waals surface area contributed by atoms with Crippen molar-refractivity contribution in [2.45, 2.75) is 90.4 Å². The van der Waals surface area contributed by atoms with Gasteiger partial charge >= 0.3 is 0 Å². The van der Waals surface area contributed by atoms with Crippen LogP contribution < -0.4 is 4.74 Å². The summed E-state index contributed by atoms with van der Waals surface area (Å²) >= 11 is 0. The first kappa shape index (κ1) is 23.4. The van der Waals surface area contributed by atoms with Crippen LogP contribution in [0.25, 0.3) is 0 Å². The zero-order chi connectivity index (χ0) is 22.2. The van der Waals surface area contributed by atoms with Crippen LogP contribution in [0.15, 0.2) is 54.6 Å². The van der Waals surface area contributed by atoms with E-state index >= 15 is 0 Å². The van der Waals surface area contributed by atoms with Gasteiger partial charge in [0.05, 0.1) is 6.61 Å². The molecule has 1 heteroatoms. The molecule has 0 aromatic heterocycles. The average Bonchev–Trinajstić information content (AvgIpc) is 2.85. The summed E-state index contributed by atoms with van der Waals surface area (Å²) < 4.78 is 5.57. The number of rotatable bonds is 9. The molecule has 0 aliphatic heterocycles. The summed E-state index contributed by atoms with van der Waals surface area (Å²) in [5.74, 6) is 5.65. The van der Waals surface area contributed by atoms with E-state index in [2.05, 4.69) is 61.5 Å². The highest BCUT2D eigenvalue weighted by atomic mass is 16.5. The molecular weight excluding hydrogens is 388 g/mol. The van der Waals surface area contributed by atoms with Crippen LogP contribution in [0.2, 0.25) is 0 Å². The molecule has 0 radical (unpaired) electrons. The zero-order valence-electron chi connectivity index (χ0n) is 20.5. The van der Waals surface area contributed by atoms with Crippen molar-refractivity contribution in [3.63, 3.8) is 0 Å². The fourth-order valence-electron chi connectivity index (χ4n) is 6.55. The number of ether oxygens (including phenoxy) is 1. The van der Waals surface area contributed by atoms with Crippen molar-refractivity contribution in [2.75, 3.05) is 6.61 Å². The van der Waals surface area contributed by atoms with Crippen LogP contribution in [-0.4, -0.2) is 6.61 Å². The molecule has 0 spiro atoms. The third-order valence-electron chi connectivity index (χ3n) is 8.58. The molecule has 0 bridgehead atoms. The van der Waals surface area contributed by atoms with Crippen LogP contribution in [0.1, 0.15) is 95.1 Å². The van der Waals surface area contributed by atoms with Crippen LogP contribution in [0.3, 0.4) is 0 Å². The number of aryl methyl sites for hydroxylation is 1. The maximum absolute atomic E-state index is 5.57. The van der Waals surface area contributed by atoms with Crippen molar-refractivity contribution >= 4 is 0 Å². The van der Waals surface area contributed by atoms with E-state index < -0.39 is 0 Å². The van der Waals surface area contributed by atoms with E-state index in [1.165, 1.54) is 81.8 Å². The lowest BCUT2D eigenvalue weighted by molar-refractivity contribution is 0.139. The summed E-state index contributed by atoms with van der Waals surface area (Å²) in [6.07, 6.45) is 15.8. The van der Waals surface area contributed by atoms with Crippen molar-refractivity contribution in [3.8, 4) is 5.75 Å². The summed E-state index contributed by atoms with van der Waals surface area (Å²) in [6, 6.07) is 19.9. The molecule has 2 aliphatic carbocycles. The minimum atomic E-state index is 0.712. The molecule has 4 rings (SSSR count). The third-order valence-corrected chi connectivity index (χ3v) is 8.58. The first-order valence-corrected chi connectivity index (χ1v) is 13.5. The SMILES string of the molecule is CCOc1ccc(CCC2CCC(C3CCC(CC(C)c4ccccc4)CC3)CC2)cc1. The largest absolute Gasteiger partial charge is 0.494 e. The van der Waals surface area contributed by atoms with E-state index in [0.717, 1.165) is 36.0 Å². The molecule has 0 saturated heterocycles. The van der Waals surface area contributed by atoms with E-state index in [1.54, 1.807) is 0 Å². The predicted octanol–water partition coefficient (Wildman–Crippen LogP) is 8.82. The highest BCUT2D eigenvalue weighted by molar-refractivity contribution is 5.27. The summed E-state index contributed by atoms with van der Waals surface area (Å²) in [7, 11) is 0. The second kappa shape index (κ2) is 11.9. The standard InChI is InChI=1S/C31H44O/c1-3-32-31-21-15-26(16-22-31)10-9-25-11-17-29(18-12-25)30-19-13-27(14-20-30)23-24(2)28-7-5-4-6-8-28/h4-8,15-16,21-22,24-25,27,29-30H,3,9-14,17-20,23H2,1-2H3. The molecule has 2 aliphatic rings. The van der Waals surface area contributed by atoms with E-state index in [0.29, 0.717) is 5.92 Å². The highest BCUT2D eigenvalue weighted by Gasteiger charge is 2.31. The maximum atomic E-state index is 5.57. The molecule has 2 aromatic rings. The Balaban J connectivity index is 1.14. The maximum Gasteiger partial charge on any atom is 0.119 e. The fraction of sp³-hybridized carbons (Fsp3) is 0.613. The average molecular weight is 433 g/mol. The van der Waals surface area contributed by atoms with Gasteiger partial charge in [-0.05, 0) is 105 Å². The second-order valence-electron chi connectivity index (χ2n) is 10.7. The minimum absolute atomic E-state index is 0.712. The van der Waals surface area contributed by atoms with Gasteiger partial charge in [0.1, 0.15) is 5.75 Å². The summed E-state index contributed by atoms with van der Waals surface area (Å²) in [5, 5.41) is 0. The van der Waals surface area contributed by atoms with Crippen molar-refractivity contribution in [3.05, 3.63) is 65.7 Å².